The fraction of sp³-hybridized carbons (Fsp3) is 0.286. The van der Waals surface area contributed by atoms with Crippen molar-refractivity contribution in [3.8, 4) is 34.6 Å². The number of imidazole rings is 1. The van der Waals surface area contributed by atoms with Gasteiger partial charge in [0.2, 0.25) is 17.6 Å². The van der Waals surface area contributed by atoms with E-state index in [4.69, 9.17) is 18.9 Å². The predicted octanol–water partition coefficient (Wildman–Crippen LogP) is 3.13. The molecule has 1 N–H and O–H groups in total. The van der Waals surface area contributed by atoms with Gasteiger partial charge in [0.05, 0.1) is 46.9 Å². The van der Waals surface area contributed by atoms with E-state index in [9.17, 15) is 5.11 Å². The van der Waals surface area contributed by atoms with Crippen molar-refractivity contribution in [2.75, 3.05) is 33.3 Å². The molecule has 8 heteroatoms. The highest BCUT2D eigenvalue weighted by molar-refractivity contribution is 5.68. The Bertz CT molecular complexity index is 1030. The molecule has 0 radical (unpaired) electrons. The quantitative estimate of drug-likeness (QED) is 0.685. The average Bonchev–Trinajstić information content (AvgIpc) is 3.15. The first-order valence-electron chi connectivity index (χ1n) is 9.08. The number of anilines is 1. The van der Waals surface area contributed by atoms with Gasteiger partial charge in [-0.3, -0.25) is 4.57 Å². The van der Waals surface area contributed by atoms with Gasteiger partial charge in [-0.1, -0.05) is 12.1 Å². The minimum absolute atomic E-state index is 0.0543. The molecule has 0 saturated carbocycles. The van der Waals surface area contributed by atoms with Crippen LogP contribution in [0.1, 0.15) is 11.1 Å². The van der Waals surface area contributed by atoms with Crippen molar-refractivity contribution in [2.45, 2.75) is 13.1 Å². The Morgan fingerprint density at radius 3 is 2.31 bits per heavy atom. The molecule has 0 unspecified atom stereocenters. The molecule has 0 bridgehead atoms. The topological polar surface area (TPSA) is 78.2 Å². The third kappa shape index (κ3) is 3.16. The molecular formula is C21H23N3O5. The van der Waals surface area contributed by atoms with Crippen molar-refractivity contribution >= 4 is 5.95 Å². The fourth-order valence-electron chi connectivity index (χ4n) is 3.67. The summed E-state index contributed by atoms with van der Waals surface area (Å²) in [5.74, 6) is 3.06. The normalized spacial score (nSPS) is 12.2. The van der Waals surface area contributed by atoms with Crippen molar-refractivity contribution < 1.29 is 24.1 Å². The monoisotopic (exact) mass is 397 g/mol. The van der Waals surface area contributed by atoms with Gasteiger partial charge in [-0.2, -0.15) is 4.98 Å². The highest BCUT2D eigenvalue weighted by Gasteiger charge is 2.30. The molecule has 152 valence electrons. The van der Waals surface area contributed by atoms with E-state index in [-0.39, 0.29) is 5.88 Å². The molecule has 1 aliphatic rings. The number of methoxy groups -OCH3 is 4. The first-order chi connectivity index (χ1) is 14.1. The van der Waals surface area contributed by atoms with Gasteiger partial charge in [0.15, 0.2) is 11.5 Å². The second-order valence-corrected chi connectivity index (χ2v) is 6.62. The number of nitrogens with zero attached hydrogens (tertiary/aromatic N) is 3. The number of hydrogen-bond acceptors (Lipinski definition) is 7. The minimum atomic E-state index is -0.0543. The van der Waals surface area contributed by atoms with E-state index in [2.05, 4.69) is 9.88 Å². The molecule has 2 heterocycles. The van der Waals surface area contributed by atoms with Crippen LogP contribution in [0.2, 0.25) is 0 Å². The number of benzene rings is 2. The van der Waals surface area contributed by atoms with E-state index in [0.29, 0.717) is 36.3 Å². The summed E-state index contributed by atoms with van der Waals surface area (Å²) in [7, 11) is 6.41. The number of rotatable bonds is 6. The molecule has 3 aromatic rings. The van der Waals surface area contributed by atoms with Gasteiger partial charge in [-0.05, 0) is 17.7 Å². The first-order valence-corrected chi connectivity index (χ1v) is 9.08. The van der Waals surface area contributed by atoms with Crippen LogP contribution < -0.4 is 23.8 Å². The molecule has 0 spiro atoms. The summed E-state index contributed by atoms with van der Waals surface area (Å²) in [6.07, 6.45) is 1.58. The fourth-order valence-corrected chi connectivity index (χ4v) is 3.67. The van der Waals surface area contributed by atoms with Crippen molar-refractivity contribution in [3.63, 3.8) is 0 Å². The van der Waals surface area contributed by atoms with Gasteiger partial charge in [-0.25, -0.2) is 0 Å². The standard InChI is InChI=1S/C21H23N3O5/c1-26-14-7-5-13(6-8-14)10-23-11-15-16(24-12-18(25)22-21(23)24)9-17(27-2)20(29-4)19(15)28-3/h5-9,12,25H,10-11H2,1-4H3. The summed E-state index contributed by atoms with van der Waals surface area (Å²) in [5, 5.41) is 10.1. The zero-order chi connectivity index (χ0) is 20.5. The average molecular weight is 397 g/mol. The third-order valence-corrected chi connectivity index (χ3v) is 5.01. The summed E-state index contributed by atoms with van der Waals surface area (Å²) in [5.41, 5.74) is 2.83. The maximum absolute atomic E-state index is 10.1. The van der Waals surface area contributed by atoms with Gasteiger partial charge >= 0.3 is 0 Å². The van der Waals surface area contributed by atoms with Gasteiger partial charge in [-0.15, -0.1) is 0 Å². The third-order valence-electron chi connectivity index (χ3n) is 5.01. The lowest BCUT2D eigenvalue weighted by Crippen LogP contribution is -2.30. The molecular weight excluding hydrogens is 374 g/mol. The first kappa shape index (κ1) is 18.8. The molecule has 8 nitrogen and oxygen atoms in total. The number of fused-ring (bicyclic) bond motifs is 3. The Hall–Kier alpha value is -3.55. The maximum atomic E-state index is 10.1. The van der Waals surface area contributed by atoms with Crippen LogP contribution in [-0.4, -0.2) is 43.1 Å². The van der Waals surface area contributed by atoms with Crippen molar-refractivity contribution in [2.24, 2.45) is 0 Å². The van der Waals surface area contributed by atoms with Crippen LogP contribution in [0.3, 0.4) is 0 Å². The molecule has 29 heavy (non-hydrogen) atoms. The summed E-state index contributed by atoms with van der Waals surface area (Å²) in [6.45, 7) is 1.12. The predicted molar refractivity (Wildman–Crippen MR) is 108 cm³/mol. The zero-order valence-electron chi connectivity index (χ0n) is 16.8. The van der Waals surface area contributed by atoms with E-state index in [1.54, 1.807) is 34.6 Å². The molecule has 1 aliphatic heterocycles. The second kappa shape index (κ2) is 7.46. The lowest BCUT2D eigenvalue weighted by atomic mass is 10.1. The number of aromatic hydroxyl groups is 1. The second-order valence-electron chi connectivity index (χ2n) is 6.62. The Balaban J connectivity index is 1.81. The lowest BCUT2D eigenvalue weighted by Gasteiger charge is -2.32. The van der Waals surface area contributed by atoms with Crippen LogP contribution in [0.5, 0.6) is 28.9 Å². The Morgan fingerprint density at radius 2 is 1.69 bits per heavy atom. The summed E-state index contributed by atoms with van der Waals surface area (Å²) >= 11 is 0. The molecule has 0 fully saturated rings. The lowest BCUT2D eigenvalue weighted by molar-refractivity contribution is 0.321. The van der Waals surface area contributed by atoms with E-state index in [1.165, 1.54) is 0 Å². The van der Waals surface area contributed by atoms with E-state index >= 15 is 0 Å². The van der Waals surface area contributed by atoms with Crippen LogP contribution in [0, 0.1) is 0 Å². The van der Waals surface area contributed by atoms with Crippen LogP contribution in [0.4, 0.5) is 5.95 Å². The smallest absolute Gasteiger partial charge is 0.231 e. The van der Waals surface area contributed by atoms with E-state index in [0.717, 1.165) is 22.6 Å². The van der Waals surface area contributed by atoms with E-state index in [1.807, 2.05) is 34.9 Å². The summed E-state index contributed by atoms with van der Waals surface area (Å²) in [6, 6.07) is 9.73. The van der Waals surface area contributed by atoms with Gasteiger partial charge in [0.1, 0.15) is 5.75 Å². The molecule has 0 atom stereocenters. The van der Waals surface area contributed by atoms with Crippen LogP contribution in [-0.2, 0) is 13.1 Å². The number of hydrogen-bond donors (Lipinski definition) is 1. The van der Waals surface area contributed by atoms with Gasteiger partial charge < -0.3 is 29.0 Å². The van der Waals surface area contributed by atoms with Crippen LogP contribution in [0.15, 0.2) is 36.5 Å². The highest BCUT2D eigenvalue weighted by Crippen LogP contribution is 2.47. The molecule has 0 aliphatic carbocycles. The number of ether oxygens (including phenoxy) is 4. The largest absolute Gasteiger partial charge is 0.497 e. The summed E-state index contributed by atoms with van der Waals surface area (Å²) in [4.78, 5) is 6.39. The molecule has 4 rings (SSSR count). The van der Waals surface area contributed by atoms with Crippen LogP contribution >= 0.6 is 0 Å². The maximum Gasteiger partial charge on any atom is 0.231 e. The van der Waals surface area contributed by atoms with Gasteiger partial charge in [0.25, 0.3) is 0 Å². The van der Waals surface area contributed by atoms with Crippen molar-refractivity contribution in [3.05, 3.63) is 47.7 Å². The number of aromatic nitrogens is 2. The molecule has 1 aromatic heterocycles. The molecule has 0 amide bonds. The summed E-state index contributed by atoms with van der Waals surface area (Å²) < 4.78 is 23.8. The van der Waals surface area contributed by atoms with Crippen LogP contribution in [0.25, 0.3) is 5.69 Å². The Kier molecular flexibility index (Phi) is 4.84. The SMILES string of the molecule is COc1ccc(CN2Cc3c(cc(OC)c(OC)c3OC)-n3cc(O)nc32)cc1. The van der Waals surface area contributed by atoms with Crippen molar-refractivity contribution in [1.29, 1.82) is 0 Å². The molecule has 0 saturated heterocycles. The van der Waals surface area contributed by atoms with Gasteiger partial charge in [0, 0.05) is 18.2 Å². The Morgan fingerprint density at radius 1 is 0.966 bits per heavy atom. The van der Waals surface area contributed by atoms with Crippen molar-refractivity contribution in [1.82, 2.24) is 9.55 Å². The van der Waals surface area contributed by atoms with E-state index < -0.39 is 0 Å². The Labute approximate surface area is 168 Å². The molecule has 2 aromatic carbocycles. The zero-order valence-corrected chi connectivity index (χ0v) is 16.8. The highest BCUT2D eigenvalue weighted by atomic mass is 16.5. The minimum Gasteiger partial charge on any atom is -0.497 e.